The minimum absolute atomic E-state index is 0.733. The first kappa shape index (κ1) is 10.1. The highest BCUT2D eigenvalue weighted by Crippen LogP contribution is 1.92. The maximum atomic E-state index is 10.5. The van der Waals surface area contributed by atoms with Crippen molar-refractivity contribution in [1.29, 1.82) is 0 Å². The van der Waals surface area contributed by atoms with Gasteiger partial charge in [-0.3, -0.25) is 0 Å². The van der Waals surface area contributed by atoms with Crippen molar-refractivity contribution in [1.82, 2.24) is 0 Å². The number of esters is 1. The van der Waals surface area contributed by atoms with Gasteiger partial charge in [-0.1, -0.05) is 6.58 Å². The van der Waals surface area contributed by atoms with E-state index in [1.165, 1.54) is 0 Å². The highest BCUT2D eigenvalue weighted by Gasteiger charge is 2.17. The van der Waals surface area contributed by atoms with Crippen LogP contribution in [0.25, 0.3) is 0 Å². The molecule has 0 spiro atoms. The minimum atomic E-state index is -1.61. The summed E-state index contributed by atoms with van der Waals surface area (Å²) in [6.45, 7) is 2.39. The number of carbonyl (C=O) groups is 1. The normalized spacial score (nSPS) is 15.2. The first-order valence-corrected chi connectivity index (χ1v) is 2.92. The third-order valence-corrected chi connectivity index (χ3v) is 0.884. The standard InChI is InChI=1S/C6H10O5/c1-2-5(9)11-6(10)4(8)3-7/h2,4-5,7-9H,1,3H2. The predicted molar refractivity (Wildman–Crippen MR) is 35.4 cm³/mol. The number of ether oxygens (including phenoxy) is 1. The summed E-state index contributed by atoms with van der Waals surface area (Å²) in [4.78, 5) is 10.5. The van der Waals surface area contributed by atoms with Gasteiger partial charge in [-0.15, -0.1) is 0 Å². The summed E-state index contributed by atoms with van der Waals surface area (Å²) < 4.78 is 4.14. The minimum Gasteiger partial charge on any atom is -0.430 e. The monoisotopic (exact) mass is 162 g/mol. The number of aliphatic hydroxyl groups is 3. The molecule has 0 aromatic heterocycles. The molecule has 2 atom stereocenters. The summed E-state index contributed by atoms with van der Waals surface area (Å²) in [6, 6.07) is 0. The first-order valence-electron chi connectivity index (χ1n) is 2.92. The van der Waals surface area contributed by atoms with Crippen molar-refractivity contribution in [2.75, 3.05) is 6.61 Å². The van der Waals surface area contributed by atoms with E-state index in [2.05, 4.69) is 11.3 Å². The fraction of sp³-hybridized carbons (Fsp3) is 0.500. The fourth-order valence-corrected chi connectivity index (χ4v) is 0.320. The van der Waals surface area contributed by atoms with Crippen LogP contribution >= 0.6 is 0 Å². The molecule has 11 heavy (non-hydrogen) atoms. The summed E-state index contributed by atoms with van der Waals surface area (Å²) in [5.41, 5.74) is 0. The molecule has 0 bridgehead atoms. The Morgan fingerprint density at radius 3 is 2.55 bits per heavy atom. The van der Waals surface area contributed by atoms with Crippen LogP contribution in [0.15, 0.2) is 12.7 Å². The first-order chi connectivity index (χ1) is 5.11. The molecule has 5 heteroatoms. The van der Waals surface area contributed by atoms with Gasteiger partial charge in [-0.25, -0.2) is 4.79 Å². The molecule has 0 aromatic carbocycles. The average Bonchev–Trinajstić information content (AvgIpc) is 2.02. The van der Waals surface area contributed by atoms with Crippen molar-refractivity contribution in [2.45, 2.75) is 12.4 Å². The van der Waals surface area contributed by atoms with Crippen LogP contribution in [-0.4, -0.2) is 40.3 Å². The van der Waals surface area contributed by atoms with Crippen molar-refractivity contribution in [3.05, 3.63) is 12.7 Å². The van der Waals surface area contributed by atoms with Crippen molar-refractivity contribution < 1.29 is 24.9 Å². The summed E-state index contributed by atoms with van der Waals surface area (Å²) in [5.74, 6) is -1.08. The molecule has 0 aliphatic carbocycles. The lowest BCUT2D eigenvalue weighted by Gasteiger charge is -2.09. The Bertz CT molecular complexity index is 144. The smallest absolute Gasteiger partial charge is 0.339 e. The summed E-state index contributed by atoms with van der Waals surface area (Å²) in [7, 11) is 0. The third-order valence-electron chi connectivity index (χ3n) is 0.884. The number of rotatable bonds is 4. The topological polar surface area (TPSA) is 87.0 Å². The Kier molecular flexibility index (Phi) is 4.44. The van der Waals surface area contributed by atoms with E-state index in [1.807, 2.05) is 0 Å². The van der Waals surface area contributed by atoms with Crippen LogP contribution in [0.1, 0.15) is 0 Å². The van der Waals surface area contributed by atoms with E-state index in [0.29, 0.717) is 0 Å². The quantitative estimate of drug-likeness (QED) is 0.263. The zero-order valence-corrected chi connectivity index (χ0v) is 5.80. The molecular weight excluding hydrogens is 152 g/mol. The molecule has 0 saturated heterocycles. The van der Waals surface area contributed by atoms with Gasteiger partial charge in [0.05, 0.1) is 6.61 Å². The highest BCUT2D eigenvalue weighted by atomic mass is 16.6. The van der Waals surface area contributed by atoms with Gasteiger partial charge in [-0.2, -0.15) is 0 Å². The van der Waals surface area contributed by atoms with Crippen LogP contribution < -0.4 is 0 Å². The van der Waals surface area contributed by atoms with Gasteiger partial charge < -0.3 is 20.1 Å². The molecule has 3 N–H and O–H groups in total. The van der Waals surface area contributed by atoms with Crippen LogP contribution in [-0.2, 0) is 9.53 Å². The summed E-state index contributed by atoms with van der Waals surface area (Å²) in [6.07, 6.45) is -2.07. The Labute approximate surface area is 63.5 Å². The van der Waals surface area contributed by atoms with Crippen molar-refractivity contribution in [2.24, 2.45) is 0 Å². The molecule has 0 aliphatic rings. The number of hydrogen-bond acceptors (Lipinski definition) is 5. The van der Waals surface area contributed by atoms with E-state index < -0.39 is 25.0 Å². The highest BCUT2D eigenvalue weighted by molar-refractivity contribution is 5.74. The van der Waals surface area contributed by atoms with Gasteiger partial charge in [0.25, 0.3) is 0 Å². The van der Waals surface area contributed by atoms with Gasteiger partial charge in [0.15, 0.2) is 6.10 Å². The molecular formula is C6H10O5. The molecule has 5 nitrogen and oxygen atoms in total. The zero-order chi connectivity index (χ0) is 8.85. The van der Waals surface area contributed by atoms with Gasteiger partial charge in [0.1, 0.15) is 0 Å². The van der Waals surface area contributed by atoms with Crippen LogP contribution in [0.5, 0.6) is 0 Å². The maximum Gasteiger partial charge on any atom is 0.339 e. The van der Waals surface area contributed by atoms with E-state index in [-0.39, 0.29) is 0 Å². The summed E-state index contributed by atoms with van der Waals surface area (Å²) >= 11 is 0. The van der Waals surface area contributed by atoms with Gasteiger partial charge >= 0.3 is 5.97 Å². The Morgan fingerprint density at radius 1 is 1.64 bits per heavy atom. The number of carbonyl (C=O) groups excluding carboxylic acids is 1. The predicted octanol–water partition coefficient (Wildman–Crippen LogP) is -1.61. The van der Waals surface area contributed by atoms with Crippen molar-refractivity contribution in [3.8, 4) is 0 Å². The molecule has 0 aromatic rings. The fourth-order valence-electron chi connectivity index (χ4n) is 0.320. The third kappa shape index (κ3) is 3.72. The second-order valence-electron chi connectivity index (χ2n) is 1.76. The Hall–Kier alpha value is -0.910. The van der Waals surface area contributed by atoms with E-state index in [9.17, 15) is 4.79 Å². The van der Waals surface area contributed by atoms with Crippen LogP contribution in [0.4, 0.5) is 0 Å². The number of hydrogen-bond donors (Lipinski definition) is 3. The lowest BCUT2D eigenvalue weighted by atomic mass is 10.4. The van der Waals surface area contributed by atoms with E-state index >= 15 is 0 Å². The largest absolute Gasteiger partial charge is 0.430 e. The van der Waals surface area contributed by atoms with Crippen LogP contribution in [0.3, 0.4) is 0 Å². The lowest BCUT2D eigenvalue weighted by molar-refractivity contribution is -0.172. The average molecular weight is 162 g/mol. The summed E-state index contributed by atoms with van der Waals surface area (Å²) in [5, 5.41) is 25.5. The van der Waals surface area contributed by atoms with Crippen molar-refractivity contribution >= 4 is 5.97 Å². The number of aliphatic hydroxyl groups excluding tert-OH is 3. The Balaban J connectivity index is 3.76. The van der Waals surface area contributed by atoms with Crippen LogP contribution in [0.2, 0.25) is 0 Å². The molecule has 0 aliphatic heterocycles. The van der Waals surface area contributed by atoms with Gasteiger partial charge in [-0.05, 0) is 6.08 Å². The van der Waals surface area contributed by atoms with Gasteiger partial charge in [0, 0.05) is 0 Å². The lowest BCUT2D eigenvalue weighted by Crippen LogP contribution is -2.29. The van der Waals surface area contributed by atoms with E-state index in [0.717, 1.165) is 6.08 Å². The molecule has 0 amide bonds. The molecule has 64 valence electrons. The second kappa shape index (κ2) is 4.84. The Morgan fingerprint density at radius 2 is 2.18 bits per heavy atom. The SMILES string of the molecule is C=CC(O)OC(=O)C(O)CO. The molecule has 0 radical (unpaired) electrons. The van der Waals surface area contributed by atoms with E-state index in [1.54, 1.807) is 0 Å². The maximum absolute atomic E-state index is 10.5. The van der Waals surface area contributed by atoms with Gasteiger partial charge in [0.2, 0.25) is 6.29 Å². The van der Waals surface area contributed by atoms with Crippen LogP contribution in [0, 0.1) is 0 Å². The van der Waals surface area contributed by atoms with E-state index in [4.69, 9.17) is 15.3 Å². The molecule has 0 heterocycles. The second-order valence-corrected chi connectivity index (χ2v) is 1.76. The van der Waals surface area contributed by atoms with Crippen molar-refractivity contribution in [3.63, 3.8) is 0 Å². The molecule has 0 fully saturated rings. The zero-order valence-electron chi connectivity index (χ0n) is 5.80. The molecule has 0 rings (SSSR count). The molecule has 2 unspecified atom stereocenters. The molecule has 0 saturated carbocycles.